The standard InChI is InChI=1S/C8H9N3O3S/c9-11-8(15)10-4-1-2-6(12)5(3-4)7(13)14/h1-3,12H,9H2,(H,13,14)(H2,10,11,15). The Kier molecular flexibility index (Phi) is 3.42. The first-order valence-electron chi connectivity index (χ1n) is 3.88. The van der Waals surface area contributed by atoms with E-state index in [4.69, 9.17) is 23.2 Å². The van der Waals surface area contributed by atoms with E-state index in [1.54, 1.807) is 0 Å². The molecule has 80 valence electrons. The van der Waals surface area contributed by atoms with Gasteiger partial charge >= 0.3 is 5.97 Å². The van der Waals surface area contributed by atoms with Crippen LogP contribution in [0, 0.1) is 0 Å². The van der Waals surface area contributed by atoms with Gasteiger partial charge in [0.25, 0.3) is 0 Å². The minimum Gasteiger partial charge on any atom is -0.507 e. The lowest BCUT2D eigenvalue weighted by Gasteiger charge is -2.08. The average molecular weight is 227 g/mol. The summed E-state index contributed by atoms with van der Waals surface area (Å²) in [4.78, 5) is 10.7. The van der Waals surface area contributed by atoms with Crippen molar-refractivity contribution in [2.75, 3.05) is 5.32 Å². The van der Waals surface area contributed by atoms with Crippen molar-refractivity contribution in [3.8, 4) is 5.75 Å². The van der Waals surface area contributed by atoms with E-state index in [2.05, 4.69) is 10.7 Å². The molecule has 0 saturated heterocycles. The summed E-state index contributed by atoms with van der Waals surface area (Å²) in [6.45, 7) is 0. The number of nitrogens with one attached hydrogen (secondary N) is 2. The number of carboxylic acid groups (broad SMARTS) is 1. The summed E-state index contributed by atoms with van der Waals surface area (Å²) in [6.07, 6.45) is 0. The molecule has 7 heteroatoms. The second-order valence-corrected chi connectivity index (χ2v) is 3.04. The van der Waals surface area contributed by atoms with E-state index in [1.807, 2.05) is 0 Å². The maximum atomic E-state index is 10.7. The summed E-state index contributed by atoms with van der Waals surface area (Å²) in [5.74, 6) is 3.50. The summed E-state index contributed by atoms with van der Waals surface area (Å²) in [7, 11) is 0. The van der Waals surface area contributed by atoms with E-state index in [9.17, 15) is 9.90 Å². The number of hydrogen-bond donors (Lipinski definition) is 5. The molecule has 0 aliphatic carbocycles. The van der Waals surface area contributed by atoms with Gasteiger partial charge in [-0.05, 0) is 30.4 Å². The fourth-order valence-electron chi connectivity index (χ4n) is 0.952. The first kappa shape index (κ1) is 11.2. The highest BCUT2D eigenvalue weighted by Gasteiger charge is 2.10. The molecule has 0 amide bonds. The van der Waals surface area contributed by atoms with Gasteiger partial charge in [-0.1, -0.05) is 0 Å². The molecule has 1 aromatic carbocycles. The van der Waals surface area contributed by atoms with Crippen LogP contribution in [0.25, 0.3) is 0 Å². The fraction of sp³-hybridized carbons (Fsp3) is 0. The summed E-state index contributed by atoms with van der Waals surface area (Å²) >= 11 is 4.72. The van der Waals surface area contributed by atoms with Crippen LogP contribution in [-0.2, 0) is 0 Å². The van der Waals surface area contributed by atoms with E-state index in [0.717, 1.165) is 0 Å². The van der Waals surface area contributed by atoms with Crippen molar-refractivity contribution in [3.05, 3.63) is 23.8 Å². The average Bonchev–Trinajstić information content (AvgIpc) is 2.20. The Balaban J connectivity index is 2.97. The minimum atomic E-state index is -1.22. The van der Waals surface area contributed by atoms with Gasteiger partial charge < -0.3 is 21.0 Å². The van der Waals surface area contributed by atoms with Crippen LogP contribution in [0.1, 0.15) is 10.4 Å². The van der Waals surface area contributed by atoms with Gasteiger partial charge in [-0.3, -0.25) is 0 Å². The molecule has 0 saturated carbocycles. The van der Waals surface area contributed by atoms with Gasteiger partial charge in [0.2, 0.25) is 0 Å². The lowest BCUT2D eigenvalue weighted by atomic mass is 10.2. The Hall–Kier alpha value is -1.86. The van der Waals surface area contributed by atoms with Crippen molar-refractivity contribution in [1.29, 1.82) is 0 Å². The number of carboxylic acids is 1. The van der Waals surface area contributed by atoms with Gasteiger partial charge in [-0.25, -0.2) is 10.6 Å². The molecule has 0 bridgehead atoms. The van der Waals surface area contributed by atoms with E-state index in [1.165, 1.54) is 18.2 Å². The van der Waals surface area contributed by atoms with Gasteiger partial charge in [-0.15, -0.1) is 0 Å². The van der Waals surface area contributed by atoms with E-state index < -0.39 is 5.97 Å². The molecule has 15 heavy (non-hydrogen) atoms. The van der Waals surface area contributed by atoms with Crippen LogP contribution >= 0.6 is 12.2 Å². The van der Waals surface area contributed by atoms with E-state index >= 15 is 0 Å². The third-order valence-corrected chi connectivity index (χ3v) is 1.84. The summed E-state index contributed by atoms with van der Waals surface area (Å²) in [5.41, 5.74) is 2.40. The number of hydrazine groups is 1. The molecule has 0 aliphatic heterocycles. The highest BCUT2D eigenvalue weighted by atomic mass is 32.1. The Labute approximate surface area is 90.7 Å². The second kappa shape index (κ2) is 4.58. The number of phenols is 1. The first-order chi connectivity index (χ1) is 7.04. The normalized spacial score (nSPS) is 9.40. The topological polar surface area (TPSA) is 108 Å². The van der Waals surface area contributed by atoms with Crippen LogP contribution in [0.15, 0.2) is 18.2 Å². The summed E-state index contributed by atoms with van der Waals surface area (Å²) in [5, 5.41) is 20.7. The Morgan fingerprint density at radius 1 is 1.47 bits per heavy atom. The molecule has 0 spiro atoms. The zero-order valence-electron chi connectivity index (χ0n) is 7.52. The first-order valence-corrected chi connectivity index (χ1v) is 4.29. The third kappa shape index (κ3) is 2.79. The molecular formula is C8H9N3O3S. The van der Waals surface area contributed by atoms with E-state index in [-0.39, 0.29) is 16.4 Å². The van der Waals surface area contributed by atoms with Crippen molar-refractivity contribution in [2.24, 2.45) is 5.84 Å². The highest BCUT2D eigenvalue weighted by Crippen LogP contribution is 2.21. The second-order valence-electron chi connectivity index (χ2n) is 2.64. The Bertz CT molecular complexity index is 408. The molecule has 0 fully saturated rings. The molecule has 6 nitrogen and oxygen atoms in total. The number of rotatable bonds is 2. The van der Waals surface area contributed by atoms with Crippen molar-refractivity contribution < 1.29 is 15.0 Å². The van der Waals surface area contributed by atoms with Crippen molar-refractivity contribution in [2.45, 2.75) is 0 Å². The number of carbonyl (C=O) groups is 1. The largest absolute Gasteiger partial charge is 0.507 e. The van der Waals surface area contributed by atoms with Crippen molar-refractivity contribution in [3.63, 3.8) is 0 Å². The number of thiocarbonyl (C=S) groups is 1. The van der Waals surface area contributed by atoms with Crippen molar-refractivity contribution >= 4 is 29.0 Å². The summed E-state index contributed by atoms with van der Waals surface area (Å²) in [6, 6.07) is 3.98. The van der Waals surface area contributed by atoms with Crippen LogP contribution in [-0.4, -0.2) is 21.3 Å². The molecule has 0 aliphatic rings. The lowest BCUT2D eigenvalue weighted by molar-refractivity contribution is 0.0694. The van der Waals surface area contributed by atoms with Gasteiger partial charge in [0.1, 0.15) is 11.3 Å². The number of hydrogen-bond acceptors (Lipinski definition) is 4. The van der Waals surface area contributed by atoms with Gasteiger partial charge in [0, 0.05) is 5.69 Å². The Morgan fingerprint density at radius 2 is 2.13 bits per heavy atom. The van der Waals surface area contributed by atoms with Gasteiger partial charge in [-0.2, -0.15) is 0 Å². The molecular weight excluding hydrogens is 218 g/mol. The SMILES string of the molecule is NNC(=S)Nc1ccc(O)c(C(=O)O)c1. The van der Waals surface area contributed by atoms with Crippen LogP contribution < -0.4 is 16.6 Å². The van der Waals surface area contributed by atoms with Crippen LogP contribution in [0.2, 0.25) is 0 Å². The number of nitrogens with two attached hydrogens (primary N) is 1. The number of benzene rings is 1. The molecule has 1 rings (SSSR count). The maximum absolute atomic E-state index is 10.7. The van der Waals surface area contributed by atoms with Crippen molar-refractivity contribution in [1.82, 2.24) is 5.43 Å². The predicted octanol–water partition coefficient (Wildman–Crippen LogP) is 0.250. The van der Waals surface area contributed by atoms with Crippen LogP contribution in [0.4, 0.5) is 5.69 Å². The molecule has 6 N–H and O–H groups in total. The molecule has 0 aromatic heterocycles. The zero-order chi connectivity index (χ0) is 11.4. The maximum Gasteiger partial charge on any atom is 0.339 e. The predicted molar refractivity (Wildman–Crippen MR) is 58.6 cm³/mol. The molecule has 0 radical (unpaired) electrons. The molecule has 0 heterocycles. The summed E-state index contributed by atoms with van der Waals surface area (Å²) < 4.78 is 0. The lowest BCUT2D eigenvalue weighted by Crippen LogP contribution is -2.34. The quantitative estimate of drug-likeness (QED) is 0.213. The monoisotopic (exact) mass is 227 g/mol. The number of aromatic carboxylic acids is 1. The number of aromatic hydroxyl groups is 1. The van der Waals surface area contributed by atoms with Gasteiger partial charge in [0.05, 0.1) is 0 Å². The molecule has 0 atom stereocenters. The smallest absolute Gasteiger partial charge is 0.339 e. The van der Waals surface area contributed by atoms with E-state index in [0.29, 0.717) is 5.69 Å². The third-order valence-electron chi connectivity index (χ3n) is 1.62. The zero-order valence-corrected chi connectivity index (χ0v) is 8.34. The Morgan fingerprint density at radius 3 is 2.67 bits per heavy atom. The minimum absolute atomic E-state index is 0.150. The number of anilines is 1. The molecule has 1 aromatic rings. The molecule has 0 unspecified atom stereocenters. The van der Waals surface area contributed by atoms with Crippen LogP contribution in [0.5, 0.6) is 5.75 Å². The highest BCUT2D eigenvalue weighted by molar-refractivity contribution is 7.80. The van der Waals surface area contributed by atoms with Crippen LogP contribution in [0.3, 0.4) is 0 Å². The fourth-order valence-corrected chi connectivity index (χ4v) is 1.07. The van der Waals surface area contributed by atoms with Gasteiger partial charge in [0.15, 0.2) is 5.11 Å².